The van der Waals surface area contributed by atoms with Crippen LogP contribution in [0.5, 0.6) is 0 Å². The molecule has 39 heavy (non-hydrogen) atoms. The first kappa shape index (κ1) is 23.6. The molecule has 6 atom stereocenters. The lowest BCUT2D eigenvalue weighted by molar-refractivity contribution is 0.444. The van der Waals surface area contributed by atoms with Crippen LogP contribution in [0.25, 0.3) is 44.8 Å². The van der Waals surface area contributed by atoms with Gasteiger partial charge in [-0.3, -0.25) is 0 Å². The van der Waals surface area contributed by atoms with E-state index in [-0.39, 0.29) is 0 Å². The van der Waals surface area contributed by atoms with Gasteiger partial charge in [-0.15, -0.1) is 0 Å². The highest BCUT2D eigenvalue weighted by Crippen LogP contribution is 2.49. The number of H-pyrrole nitrogens is 2. The molecule has 0 bridgehead atoms. The molecule has 4 N–H and O–H groups in total. The molecule has 8 rings (SSSR count). The average molecular weight is 519 g/mol. The van der Waals surface area contributed by atoms with Crippen LogP contribution < -0.4 is 10.6 Å². The topological polar surface area (TPSA) is 81.4 Å². The molecule has 5 unspecified atom stereocenters. The number of aromatic amines is 2. The van der Waals surface area contributed by atoms with Gasteiger partial charge in [0.2, 0.25) is 0 Å². The molecule has 4 heterocycles. The Labute approximate surface area is 230 Å². The molecule has 0 spiro atoms. The number of benzene rings is 2. The Hall–Kier alpha value is -3.22. The van der Waals surface area contributed by atoms with E-state index in [2.05, 4.69) is 70.8 Å². The number of nitrogens with one attached hydrogen (secondary N) is 4. The van der Waals surface area contributed by atoms with Crippen LogP contribution in [0.2, 0.25) is 0 Å². The highest BCUT2D eigenvalue weighted by molar-refractivity contribution is 6.04. The minimum absolute atomic E-state index is 0.322. The van der Waals surface area contributed by atoms with Gasteiger partial charge in [-0.1, -0.05) is 51.0 Å². The third-order valence-electron chi connectivity index (χ3n) is 10.0. The number of imidazole rings is 2. The first-order chi connectivity index (χ1) is 19.1. The number of rotatable bonds is 6. The summed E-state index contributed by atoms with van der Waals surface area (Å²) in [5.74, 6) is 3.68. The van der Waals surface area contributed by atoms with Gasteiger partial charge >= 0.3 is 0 Å². The van der Waals surface area contributed by atoms with E-state index < -0.39 is 0 Å². The zero-order chi connectivity index (χ0) is 26.1. The van der Waals surface area contributed by atoms with E-state index in [1.54, 1.807) is 0 Å². The van der Waals surface area contributed by atoms with Crippen LogP contribution >= 0.6 is 0 Å². The maximum atomic E-state index is 4.78. The van der Waals surface area contributed by atoms with E-state index in [0.29, 0.717) is 30.1 Å². The number of hydrogen-bond acceptors (Lipinski definition) is 4. The van der Waals surface area contributed by atoms with Crippen LogP contribution in [0.3, 0.4) is 0 Å². The Bertz CT molecular complexity index is 1520. The van der Waals surface area contributed by atoms with Gasteiger partial charge < -0.3 is 20.6 Å². The Morgan fingerprint density at radius 3 is 2.03 bits per heavy atom. The van der Waals surface area contributed by atoms with Crippen molar-refractivity contribution in [1.82, 2.24) is 30.6 Å². The Kier molecular flexibility index (Phi) is 5.56. The van der Waals surface area contributed by atoms with Gasteiger partial charge in [0.25, 0.3) is 0 Å². The summed E-state index contributed by atoms with van der Waals surface area (Å²) in [6.07, 6.45) is 12.9. The molecule has 2 aliphatic heterocycles. The molecule has 2 aromatic carbocycles. The van der Waals surface area contributed by atoms with E-state index in [1.165, 1.54) is 71.9 Å². The van der Waals surface area contributed by atoms with Crippen molar-refractivity contribution in [3.63, 3.8) is 0 Å². The van der Waals surface area contributed by atoms with Gasteiger partial charge in [0.05, 0.1) is 35.9 Å². The number of fused-ring (bicyclic) bond motifs is 5. The molecule has 2 aromatic heterocycles. The Balaban J connectivity index is 0.993. The zero-order valence-electron chi connectivity index (χ0n) is 22.9. The van der Waals surface area contributed by atoms with E-state index >= 15 is 0 Å². The molecule has 1 saturated carbocycles. The molecule has 0 radical (unpaired) electrons. The molecular formula is C33H38N6. The normalized spacial score (nSPS) is 28.8. The van der Waals surface area contributed by atoms with Crippen LogP contribution in [-0.4, -0.2) is 32.0 Å². The maximum Gasteiger partial charge on any atom is 0.123 e. The van der Waals surface area contributed by atoms with Gasteiger partial charge in [-0.25, -0.2) is 9.97 Å². The number of nitrogens with zero attached hydrogens (tertiary/aromatic N) is 2. The lowest BCUT2D eigenvalue weighted by Gasteiger charge is -2.25. The minimum atomic E-state index is 0.322. The van der Waals surface area contributed by atoms with Gasteiger partial charge in [0, 0.05) is 23.2 Å². The van der Waals surface area contributed by atoms with Gasteiger partial charge in [0.15, 0.2) is 0 Å². The monoisotopic (exact) mass is 518 g/mol. The van der Waals surface area contributed by atoms with Gasteiger partial charge in [0.1, 0.15) is 11.6 Å². The molecule has 6 nitrogen and oxygen atoms in total. The second kappa shape index (κ2) is 9.17. The standard InChI is InChI=1S/C33H38N6/c1-3-5-26-18(2)12-28(36-26)32-34-16-30(38-32)20-8-10-22-24(13-20)23-11-9-21(14-25(22)23)31-17-35-33(39-31)29-15-19-6-4-7-27(19)37-29/h8-11,13-14,16-19,26-29,36-37H,3-7,12,15H2,1-2H3,(H,34,38)(H,35,39)/t18?,19?,26?,27?,28-,29?/m0/s1. The third-order valence-corrected chi connectivity index (χ3v) is 10.0. The molecule has 200 valence electrons. The fourth-order valence-electron chi connectivity index (χ4n) is 7.85. The summed E-state index contributed by atoms with van der Waals surface area (Å²) in [6.45, 7) is 4.63. The summed E-state index contributed by atoms with van der Waals surface area (Å²) in [7, 11) is 0. The summed E-state index contributed by atoms with van der Waals surface area (Å²) in [6, 6.07) is 15.6. The largest absolute Gasteiger partial charge is 0.341 e. The SMILES string of the molecule is CCCC1N[C@H](c2ncc(-c3ccc4c(c3)-c3ccc(-c5cnc(C6CC7CCCC7N6)[nH]5)cc3-4)[nH]2)CC1C. The molecule has 4 aromatic rings. The fraction of sp³-hybridized carbons (Fsp3) is 0.455. The Morgan fingerprint density at radius 1 is 0.769 bits per heavy atom. The lowest BCUT2D eigenvalue weighted by Crippen LogP contribution is -2.27. The van der Waals surface area contributed by atoms with E-state index in [0.717, 1.165) is 35.4 Å². The van der Waals surface area contributed by atoms with Gasteiger partial charge in [-0.05, 0) is 78.3 Å². The number of aromatic nitrogens is 4. The Morgan fingerprint density at radius 2 is 1.41 bits per heavy atom. The second-order valence-electron chi connectivity index (χ2n) is 12.5. The van der Waals surface area contributed by atoms with E-state index in [4.69, 9.17) is 9.97 Å². The van der Waals surface area contributed by atoms with Crippen molar-refractivity contribution >= 4 is 0 Å². The number of hydrogen-bond donors (Lipinski definition) is 4. The highest BCUT2D eigenvalue weighted by atomic mass is 15.1. The molecule has 6 heteroatoms. The fourth-order valence-corrected chi connectivity index (χ4v) is 7.85. The van der Waals surface area contributed by atoms with Crippen LogP contribution in [0, 0.1) is 11.8 Å². The zero-order valence-corrected chi connectivity index (χ0v) is 22.9. The molecular weight excluding hydrogens is 480 g/mol. The van der Waals surface area contributed by atoms with Crippen LogP contribution in [0.4, 0.5) is 0 Å². The van der Waals surface area contributed by atoms with E-state index in [9.17, 15) is 0 Å². The summed E-state index contributed by atoms with van der Waals surface area (Å²) >= 11 is 0. The van der Waals surface area contributed by atoms with Crippen molar-refractivity contribution in [3.8, 4) is 44.8 Å². The van der Waals surface area contributed by atoms with Crippen molar-refractivity contribution in [3.05, 3.63) is 60.4 Å². The first-order valence-electron chi connectivity index (χ1n) is 15.1. The summed E-state index contributed by atoms with van der Waals surface area (Å²) in [4.78, 5) is 16.8. The summed E-state index contributed by atoms with van der Waals surface area (Å²) in [5, 5.41) is 7.63. The van der Waals surface area contributed by atoms with Crippen molar-refractivity contribution in [2.24, 2.45) is 11.8 Å². The van der Waals surface area contributed by atoms with Crippen molar-refractivity contribution in [2.75, 3.05) is 0 Å². The van der Waals surface area contributed by atoms with Crippen molar-refractivity contribution in [2.45, 2.75) is 83.0 Å². The third kappa shape index (κ3) is 3.91. The van der Waals surface area contributed by atoms with Crippen molar-refractivity contribution in [1.29, 1.82) is 0 Å². The molecule has 2 aliphatic carbocycles. The molecule has 0 amide bonds. The predicted octanol–water partition coefficient (Wildman–Crippen LogP) is 7.16. The summed E-state index contributed by atoms with van der Waals surface area (Å²) < 4.78 is 0. The lowest BCUT2D eigenvalue weighted by atomic mass is 9.78. The quantitative estimate of drug-likeness (QED) is 0.192. The maximum absolute atomic E-state index is 4.78. The highest BCUT2D eigenvalue weighted by Gasteiger charge is 2.38. The molecule has 4 aliphatic rings. The predicted molar refractivity (Wildman–Crippen MR) is 156 cm³/mol. The van der Waals surface area contributed by atoms with Crippen molar-refractivity contribution < 1.29 is 0 Å². The van der Waals surface area contributed by atoms with Crippen LogP contribution in [-0.2, 0) is 0 Å². The van der Waals surface area contributed by atoms with Crippen LogP contribution in [0.15, 0.2) is 48.8 Å². The smallest absolute Gasteiger partial charge is 0.123 e. The molecule has 3 fully saturated rings. The second-order valence-corrected chi connectivity index (χ2v) is 12.5. The summed E-state index contributed by atoms with van der Waals surface area (Å²) in [5.41, 5.74) is 9.92. The molecule has 2 saturated heterocycles. The van der Waals surface area contributed by atoms with Gasteiger partial charge in [-0.2, -0.15) is 0 Å². The average Bonchev–Trinajstić information content (AvgIpc) is 3.75. The minimum Gasteiger partial charge on any atom is -0.341 e. The van der Waals surface area contributed by atoms with E-state index in [1.807, 2.05) is 12.4 Å². The first-order valence-corrected chi connectivity index (χ1v) is 15.1. The van der Waals surface area contributed by atoms with Crippen LogP contribution in [0.1, 0.15) is 82.5 Å².